The molecule has 3 heteroatoms. The van der Waals surface area contributed by atoms with Crippen LogP contribution in [-0.4, -0.2) is 22.6 Å². The maximum Gasteiger partial charge on any atom is 0.0948 e. The van der Waals surface area contributed by atoms with Crippen LogP contribution in [0.3, 0.4) is 0 Å². The second kappa shape index (κ2) is 4.93. The zero-order chi connectivity index (χ0) is 13.3. The van der Waals surface area contributed by atoms with E-state index < -0.39 is 0 Å². The first-order valence-electron chi connectivity index (χ1n) is 7.83. The van der Waals surface area contributed by atoms with Crippen LogP contribution >= 0.6 is 0 Å². The Balaban J connectivity index is 1.81. The molecule has 0 unspecified atom stereocenters. The molecule has 2 aliphatic rings. The van der Waals surface area contributed by atoms with Crippen molar-refractivity contribution in [3.63, 3.8) is 0 Å². The third-order valence-corrected chi connectivity index (χ3v) is 5.40. The summed E-state index contributed by atoms with van der Waals surface area (Å²) in [6.07, 6.45) is 12.2. The molecule has 3 rings (SSSR count). The Morgan fingerprint density at radius 3 is 2.53 bits per heavy atom. The average Bonchev–Trinajstić information content (AvgIpc) is 3.00. The molecule has 106 valence electrons. The largest absolute Gasteiger partial charge is 0.334 e. The van der Waals surface area contributed by atoms with E-state index in [1.54, 1.807) is 0 Å². The molecule has 1 N–H and O–H groups in total. The van der Waals surface area contributed by atoms with E-state index in [2.05, 4.69) is 41.2 Å². The van der Waals surface area contributed by atoms with Crippen LogP contribution in [0.1, 0.15) is 58.1 Å². The predicted molar refractivity (Wildman–Crippen MR) is 78.3 cm³/mol. The van der Waals surface area contributed by atoms with Gasteiger partial charge >= 0.3 is 0 Å². The normalized spacial score (nSPS) is 25.6. The average molecular weight is 261 g/mol. The molecule has 1 aromatic rings. The lowest BCUT2D eigenvalue weighted by Crippen LogP contribution is -2.39. The number of rotatable bonds is 3. The minimum absolute atomic E-state index is 0.316. The molecule has 1 aliphatic carbocycles. The smallest absolute Gasteiger partial charge is 0.0948 e. The SMILES string of the molecule is CC1(Cn2cncc2C2(C)CCNCC2)CCCC1. The lowest BCUT2D eigenvalue weighted by Gasteiger charge is -2.36. The number of piperidine rings is 1. The minimum Gasteiger partial charge on any atom is -0.334 e. The molecular formula is C16H27N3. The van der Waals surface area contributed by atoms with Gasteiger partial charge in [-0.3, -0.25) is 0 Å². The van der Waals surface area contributed by atoms with Crippen molar-refractivity contribution in [1.82, 2.24) is 14.9 Å². The summed E-state index contributed by atoms with van der Waals surface area (Å²) in [5.74, 6) is 0. The third-order valence-electron chi connectivity index (χ3n) is 5.40. The van der Waals surface area contributed by atoms with Crippen molar-refractivity contribution in [3.8, 4) is 0 Å². The number of hydrogen-bond acceptors (Lipinski definition) is 2. The Labute approximate surface area is 116 Å². The van der Waals surface area contributed by atoms with Gasteiger partial charge in [-0.15, -0.1) is 0 Å². The molecule has 0 atom stereocenters. The number of imidazole rings is 1. The van der Waals surface area contributed by atoms with Crippen molar-refractivity contribution in [3.05, 3.63) is 18.2 Å². The summed E-state index contributed by atoms with van der Waals surface area (Å²) in [6, 6.07) is 0. The molecule has 1 saturated heterocycles. The predicted octanol–water partition coefficient (Wildman–Crippen LogP) is 3.10. The van der Waals surface area contributed by atoms with Crippen LogP contribution in [0.25, 0.3) is 0 Å². The highest BCUT2D eigenvalue weighted by Gasteiger charge is 2.34. The van der Waals surface area contributed by atoms with E-state index in [1.165, 1.54) is 44.2 Å². The zero-order valence-electron chi connectivity index (χ0n) is 12.4. The van der Waals surface area contributed by atoms with Crippen molar-refractivity contribution in [2.24, 2.45) is 5.41 Å². The molecule has 0 amide bonds. The van der Waals surface area contributed by atoms with E-state index >= 15 is 0 Å². The highest BCUT2D eigenvalue weighted by Crippen LogP contribution is 2.40. The summed E-state index contributed by atoms with van der Waals surface area (Å²) in [5, 5.41) is 3.47. The number of nitrogens with zero attached hydrogens (tertiary/aromatic N) is 2. The number of aromatic nitrogens is 2. The summed E-state index contributed by atoms with van der Waals surface area (Å²) >= 11 is 0. The van der Waals surface area contributed by atoms with E-state index in [0.29, 0.717) is 10.8 Å². The Morgan fingerprint density at radius 1 is 1.16 bits per heavy atom. The molecule has 1 aliphatic heterocycles. The molecule has 0 spiro atoms. The van der Waals surface area contributed by atoms with Crippen LogP contribution in [0.5, 0.6) is 0 Å². The molecular weight excluding hydrogens is 234 g/mol. The van der Waals surface area contributed by atoms with Crippen molar-refractivity contribution in [2.45, 2.75) is 64.3 Å². The zero-order valence-corrected chi connectivity index (χ0v) is 12.4. The summed E-state index contributed by atoms with van der Waals surface area (Å²) in [4.78, 5) is 4.46. The van der Waals surface area contributed by atoms with Crippen LogP contribution < -0.4 is 5.32 Å². The first kappa shape index (κ1) is 13.2. The standard InChI is InChI=1S/C16H27N3/c1-15(5-3-4-6-15)12-19-13-18-11-14(19)16(2)7-9-17-10-8-16/h11,13,17H,3-10,12H2,1-2H3. The molecule has 0 aromatic carbocycles. The van der Waals surface area contributed by atoms with Crippen molar-refractivity contribution in [2.75, 3.05) is 13.1 Å². The number of hydrogen-bond donors (Lipinski definition) is 1. The van der Waals surface area contributed by atoms with Crippen LogP contribution in [0.15, 0.2) is 12.5 Å². The summed E-state index contributed by atoms with van der Waals surface area (Å²) < 4.78 is 2.46. The fourth-order valence-corrected chi connectivity index (χ4v) is 3.98. The van der Waals surface area contributed by atoms with Crippen LogP contribution in [0, 0.1) is 5.41 Å². The van der Waals surface area contributed by atoms with Gasteiger partial charge < -0.3 is 9.88 Å². The summed E-state index contributed by atoms with van der Waals surface area (Å²) in [6.45, 7) is 8.30. The summed E-state index contributed by atoms with van der Waals surface area (Å²) in [7, 11) is 0. The Morgan fingerprint density at radius 2 is 1.84 bits per heavy atom. The van der Waals surface area contributed by atoms with Gasteiger partial charge in [-0.05, 0) is 44.2 Å². The Kier molecular flexibility index (Phi) is 3.42. The van der Waals surface area contributed by atoms with Gasteiger partial charge in [0.1, 0.15) is 0 Å². The summed E-state index contributed by atoms with van der Waals surface area (Å²) in [5.41, 5.74) is 2.28. The van der Waals surface area contributed by atoms with Gasteiger partial charge in [-0.2, -0.15) is 0 Å². The van der Waals surface area contributed by atoms with Gasteiger partial charge in [0.25, 0.3) is 0 Å². The maximum atomic E-state index is 4.46. The Bertz CT molecular complexity index is 423. The van der Waals surface area contributed by atoms with Gasteiger partial charge in [0.2, 0.25) is 0 Å². The van der Waals surface area contributed by atoms with E-state index in [1.807, 2.05) is 0 Å². The van der Waals surface area contributed by atoms with E-state index in [9.17, 15) is 0 Å². The highest BCUT2D eigenvalue weighted by atomic mass is 15.1. The molecule has 1 aromatic heterocycles. The monoisotopic (exact) mass is 261 g/mol. The van der Waals surface area contributed by atoms with E-state index in [-0.39, 0.29) is 0 Å². The van der Waals surface area contributed by atoms with Gasteiger partial charge in [0.15, 0.2) is 0 Å². The minimum atomic E-state index is 0.316. The maximum absolute atomic E-state index is 4.46. The molecule has 1 saturated carbocycles. The molecule has 2 heterocycles. The third kappa shape index (κ3) is 2.58. The first-order chi connectivity index (χ1) is 9.11. The lowest BCUT2D eigenvalue weighted by molar-refractivity contribution is 0.256. The van der Waals surface area contributed by atoms with Gasteiger partial charge in [-0.25, -0.2) is 4.98 Å². The van der Waals surface area contributed by atoms with Crippen molar-refractivity contribution in [1.29, 1.82) is 0 Å². The molecule has 2 fully saturated rings. The van der Waals surface area contributed by atoms with Gasteiger partial charge in [0, 0.05) is 23.9 Å². The van der Waals surface area contributed by atoms with Gasteiger partial charge in [-0.1, -0.05) is 26.7 Å². The van der Waals surface area contributed by atoms with Gasteiger partial charge in [0.05, 0.1) is 6.33 Å². The molecule has 19 heavy (non-hydrogen) atoms. The molecule has 0 bridgehead atoms. The lowest BCUT2D eigenvalue weighted by atomic mass is 9.78. The van der Waals surface area contributed by atoms with E-state index in [4.69, 9.17) is 0 Å². The molecule has 3 nitrogen and oxygen atoms in total. The molecule has 0 radical (unpaired) electrons. The fraction of sp³-hybridized carbons (Fsp3) is 0.812. The Hall–Kier alpha value is -0.830. The second-order valence-electron chi connectivity index (χ2n) is 7.24. The quantitative estimate of drug-likeness (QED) is 0.906. The van der Waals surface area contributed by atoms with Crippen LogP contribution in [-0.2, 0) is 12.0 Å². The van der Waals surface area contributed by atoms with E-state index in [0.717, 1.165) is 19.6 Å². The topological polar surface area (TPSA) is 29.9 Å². The van der Waals surface area contributed by atoms with Crippen LogP contribution in [0.2, 0.25) is 0 Å². The van der Waals surface area contributed by atoms with Crippen molar-refractivity contribution < 1.29 is 0 Å². The number of nitrogens with one attached hydrogen (secondary N) is 1. The second-order valence-corrected chi connectivity index (χ2v) is 7.24. The highest BCUT2D eigenvalue weighted by molar-refractivity contribution is 5.16. The van der Waals surface area contributed by atoms with Crippen LogP contribution in [0.4, 0.5) is 0 Å². The first-order valence-corrected chi connectivity index (χ1v) is 7.83. The fourth-order valence-electron chi connectivity index (χ4n) is 3.98. The van der Waals surface area contributed by atoms with Crippen molar-refractivity contribution >= 4 is 0 Å².